The molecule has 1 aromatic rings. The highest BCUT2D eigenvalue weighted by Gasteiger charge is 2.26. The molecule has 1 fully saturated rings. The Balaban J connectivity index is 2.02. The summed E-state index contributed by atoms with van der Waals surface area (Å²) in [6, 6.07) is 8.29. The largest absolute Gasteiger partial charge is 0.497 e. The number of benzene rings is 1. The second kappa shape index (κ2) is 4.85. The number of hydrogen-bond acceptors (Lipinski definition) is 3. The molecule has 3 nitrogen and oxygen atoms in total. The molecule has 0 spiro atoms. The molecular formula is C13H19NO2. The first-order valence-electron chi connectivity index (χ1n) is 5.79. The summed E-state index contributed by atoms with van der Waals surface area (Å²) in [6.07, 6.45) is 1.99. The van der Waals surface area contributed by atoms with Crippen molar-refractivity contribution in [3.8, 4) is 5.75 Å². The van der Waals surface area contributed by atoms with E-state index in [1.165, 1.54) is 12.8 Å². The van der Waals surface area contributed by atoms with Gasteiger partial charge in [0, 0.05) is 12.1 Å². The van der Waals surface area contributed by atoms with Gasteiger partial charge in [-0.1, -0.05) is 12.1 Å². The first-order chi connectivity index (χ1) is 7.70. The summed E-state index contributed by atoms with van der Waals surface area (Å²) in [5.41, 5.74) is 0.903. The maximum atomic E-state index is 10.2. The Labute approximate surface area is 96.4 Å². The smallest absolute Gasteiger partial charge is 0.119 e. The van der Waals surface area contributed by atoms with E-state index in [0.717, 1.165) is 11.3 Å². The second-order valence-corrected chi connectivity index (χ2v) is 4.45. The van der Waals surface area contributed by atoms with Crippen LogP contribution in [-0.2, 0) is 0 Å². The van der Waals surface area contributed by atoms with Gasteiger partial charge in [-0.25, -0.2) is 0 Å². The molecule has 1 aliphatic rings. The minimum absolute atomic E-state index is 0.0830. The molecule has 2 atom stereocenters. The van der Waals surface area contributed by atoms with Crippen molar-refractivity contribution in [1.29, 1.82) is 0 Å². The number of aliphatic hydroxyl groups excluding tert-OH is 1. The summed E-state index contributed by atoms with van der Waals surface area (Å²) in [7, 11) is 1.64. The Morgan fingerprint density at radius 3 is 2.81 bits per heavy atom. The standard InChI is InChI=1S/C13H19NO2/c1-9(14-11-6-7-11)13(15)10-4-3-5-12(8-10)16-2/h3-5,8-9,11,13-15H,6-7H2,1-2H3. The highest BCUT2D eigenvalue weighted by Crippen LogP contribution is 2.25. The first-order valence-corrected chi connectivity index (χ1v) is 5.79. The van der Waals surface area contributed by atoms with Crippen LogP contribution in [0, 0.1) is 0 Å². The van der Waals surface area contributed by atoms with Crippen LogP contribution in [0.1, 0.15) is 31.4 Å². The van der Waals surface area contributed by atoms with Crippen LogP contribution in [-0.4, -0.2) is 24.3 Å². The summed E-state index contributed by atoms with van der Waals surface area (Å²) >= 11 is 0. The van der Waals surface area contributed by atoms with Gasteiger partial charge in [0.1, 0.15) is 5.75 Å². The Kier molecular flexibility index (Phi) is 3.46. The maximum Gasteiger partial charge on any atom is 0.119 e. The molecule has 0 amide bonds. The zero-order valence-electron chi connectivity index (χ0n) is 9.81. The zero-order chi connectivity index (χ0) is 11.5. The molecule has 1 aliphatic carbocycles. The highest BCUT2D eigenvalue weighted by molar-refractivity contribution is 5.30. The van der Waals surface area contributed by atoms with E-state index in [-0.39, 0.29) is 6.04 Å². The summed E-state index contributed by atoms with van der Waals surface area (Å²) in [4.78, 5) is 0. The van der Waals surface area contributed by atoms with E-state index in [4.69, 9.17) is 4.74 Å². The molecule has 0 aromatic heterocycles. The Bertz CT molecular complexity index is 350. The molecule has 1 saturated carbocycles. The summed E-state index contributed by atoms with van der Waals surface area (Å²) in [5.74, 6) is 0.787. The normalized spacial score (nSPS) is 19.2. The lowest BCUT2D eigenvalue weighted by Gasteiger charge is -2.20. The number of hydrogen-bond donors (Lipinski definition) is 2. The Hall–Kier alpha value is -1.06. The van der Waals surface area contributed by atoms with Gasteiger partial charge in [-0.15, -0.1) is 0 Å². The van der Waals surface area contributed by atoms with Crippen LogP contribution in [0.3, 0.4) is 0 Å². The predicted octanol–water partition coefficient (Wildman–Crippen LogP) is 1.87. The van der Waals surface area contributed by atoms with Gasteiger partial charge >= 0.3 is 0 Å². The molecule has 2 rings (SSSR count). The van der Waals surface area contributed by atoms with E-state index in [0.29, 0.717) is 6.04 Å². The molecule has 16 heavy (non-hydrogen) atoms. The fourth-order valence-corrected chi connectivity index (χ4v) is 1.83. The Morgan fingerprint density at radius 1 is 1.44 bits per heavy atom. The monoisotopic (exact) mass is 221 g/mol. The molecule has 2 N–H and O–H groups in total. The minimum Gasteiger partial charge on any atom is -0.497 e. The molecule has 0 radical (unpaired) electrons. The summed E-state index contributed by atoms with van der Waals surface area (Å²) in [5, 5.41) is 13.6. The lowest BCUT2D eigenvalue weighted by atomic mass is 10.0. The van der Waals surface area contributed by atoms with Gasteiger partial charge in [-0.05, 0) is 37.5 Å². The maximum absolute atomic E-state index is 10.2. The third kappa shape index (κ3) is 2.74. The fourth-order valence-electron chi connectivity index (χ4n) is 1.83. The van der Waals surface area contributed by atoms with E-state index in [1.54, 1.807) is 7.11 Å². The third-order valence-corrected chi connectivity index (χ3v) is 2.98. The van der Waals surface area contributed by atoms with Gasteiger partial charge in [0.05, 0.1) is 13.2 Å². The van der Waals surface area contributed by atoms with Crippen molar-refractivity contribution >= 4 is 0 Å². The van der Waals surface area contributed by atoms with Crippen LogP contribution in [0.2, 0.25) is 0 Å². The van der Waals surface area contributed by atoms with Crippen LogP contribution in [0.15, 0.2) is 24.3 Å². The van der Waals surface area contributed by atoms with Gasteiger partial charge in [-0.3, -0.25) is 0 Å². The SMILES string of the molecule is COc1cccc(C(O)C(C)NC2CC2)c1. The molecule has 1 aromatic carbocycles. The Morgan fingerprint density at radius 2 is 2.19 bits per heavy atom. The summed E-state index contributed by atoms with van der Waals surface area (Å²) < 4.78 is 5.15. The molecular weight excluding hydrogens is 202 g/mol. The molecule has 0 bridgehead atoms. The van der Waals surface area contributed by atoms with E-state index < -0.39 is 6.10 Å². The number of rotatable bonds is 5. The zero-order valence-corrected chi connectivity index (χ0v) is 9.81. The topological polar surface area (TPSA) is 41.5 Å². The van der Waals surface area contributed by atoms with Crippen molar-refractivity contribution in [2.24, 2.45) is 0 Å². The van der Waals surface area contributed by atoms with Crippen LogP contribution in [0.25, 0.3) is 0 Å². The van der Waals surface area contributed by atoms with Crippen molar-refractivity contribution in [3.63, 3.8) is 0 Å². The van der Waals surface area contributed by atoms with Gasteiger partial charge < -0.3 is 15.2 Å². The molecule has 88 valence electrons. The lowest BCUT2D eigenvalue weighted by Crippen LogP contribution is -2.33. The number of nitrogens with one attached hydrogen (secondary N) is 1. The molecule has 3 heteroatoms. The fraction of sp³-hybridized carbons (Fsp3) is 0.538. The predicted molar refractivity (Wildman–Crippen MR) is 63.6 cm³/mol. The van der Waals surface area contributed by atoms with E-state index in [2.05, 4.69) is 5.32 Å². The van der Waals surface area contributed by atoms with Gasteiger partial charge in [0.25, 0.3) is 0 Å². The van der Waals surface area contributed by atoms with Crippen molar-refractivity contribution < 1.29 is 9.84 Å². The number of methoxy groups -OCH3 is 1. The lowest BCUT2D eigenvalue weighted by molar-refractivity contribution is 0.135. The molecule has 0 aliphatic heterocycles. The van der Waals surface area contributed by atoms with Crippen molar-refractivity contribution in [2.45, 2.75) is 38.0 Å². The minimum atomic E-state index is -0.476. The number of ether oxygens (including phenoxy) is 1. The average molecular weight is 221 g/mol. The molecule has 0 heterocycles. The van der Waals surface area contributed by atoms with Crippen LogP contribution < -0.4 is 10.1 Å². The third-order valence-electron chi connectivity index (χ3n) is 2.98. The highest BCUT2D eigenvalue weighted by atomic mass is 16.5. The van der Waals surface area contributed by atoms with Crippen molar-refractivity contribution in [3.05, 3.63) is 29.8 Å². The average Bonchev–Trinajstić information content (AvgIpc) is 3.12. The molecule has 2 unspecified atom stereocenters. The summed E-state index contributed by atoms with van der Waals surface area (Å²) in [6.45, 7) is 2.02. The van der Waals surface area contributed by atoms with Crippen LogP contribution >= 0.6 is 0 Å². The second-order valence-electron chi connectivity index (χ2n) is 4.45. The van der Waals surface area contributed by atoms with Crippen molar-refractivity contribution in [2.75, 3.05) is 7.11 Å². The van der Waals surface area contributed by atoms with E-state index in [9.17, 15) is 5.11 Å². The van der Waals surface area contributed by atoms with E-state index >= 15 is 0 Å². The molecule has 0 saturated heterocycles. The van der Waals surface area contributed by atoms with Gasteiger partial charge in [0.15, 0.2) is 0 Å². The number of aliphatic hydroxyl groups is 1. The van der Waals surface area contributed by atoms with Gasteiger partial charge in [-0.2, -0.15) is 0 Å². The van der Waals surface area contributed by atoms with Crippen LogP contribution in [0.4, 0.5) is 0 Å². The van der Waals surface area contributed by atoms with Crippen molar-refractivity contribution in [1.82, 2.24) is 5.32 Å². The van der Waals surface area contributed by atoms with E-state index in [1.807, 2.05) is 31.2 Å². The van der Waals surface area contributed by atoms with Crippen LogP contribution in [0.5, 0.6) is 5.75 Å². The quantitative estimate of drug-likeness (QED) is 0.797. The first kappa shape index (κ1) is 11.4. The van der Waals surface area contributed by atoms with Gasteiger partial charge in [0.2, 0.25) is 0 Å².